The van der Waals surface area contributed by atoms with Gasteiger partial charge in [0.2, 0.25) is 5.91 Å². The van der Waals surface area contributed by atoms with Crippen molar-refractivity contribution in [1.82, 2.24) is 10.6 Å². The summed E-state index contributed by atoms with van der Waals surface area (Å²) in [6.07, 6.45) is 0.0674. The zero-order valence-corrected chi connectivity index (χ0v) is 9.45. The fourth-order valence-electron chi connectivity index (χ4n) is 1.40. The maximum absolute atomic E-state index is 11.3. The van der Waals surface area contributed by atoms with Crippen LogP contribution in [0.15, 0.2) is 0 Å². The molecule has 0 aromatic carbocycles. The molecule has 1 amide bonds. The fraction of sp³-hybridized carbons (Fsp3) is 0.800. The summed E-state index contributed by atoms with van der Waals surface area (Å²) in [5.74, 6) is -0.526. The lowest BCUT2D eigenvalue weighted by Gasteiger charge is -2.22. The van der Waals surface area contributed by atoms with Crippen molar-refractivity contribution in [2.24, 2.45) is 0 Å². The first kappa shape index (κ1) is 12.9. The van der Waals surface area contributed by atoms with Crippen molar-refractivity contribution in [2.45, 2.75) is 19.4 Å². The van der Waals surface area contributed by atoms with Gasteiger partial charge in [0.05, 0.1) is 19.1 Å². The van der Waals surface area contributed by atoms with Crippen LogP contribution in [0, 0.1) is 0 Å². The van der Waals surface area contributed by atoms with Gasteiger partial charge in [-0.1, -0.05) is 0 Å². The Hall–Kier alpha value is -1.14. The Morgan fingerprint density at radius 3 is 2.94 bits per heavy atom. The highest BCUT2D eigenvalue weighted by molar-refractivity contribution is 5.87. The van der Waals surface area contributed by atoms with Crippen molar-refractivity contribution in [2.75, 3.05) is 32.9 Å². The molecular formula is C10H18N2O4. The van der Waals surface area contributed by atoms with Crippen molar-refractivity contribution < 1.29 is 19.1 Å². The van der Waals surface area contributed by atoms with Crippen molar-refractivity contribution in [3.05, 3.63) is 0 Å². The minimum absolute atomic E-state index is 0.0674. The van der Waals surface area contributed by atoms with Gasteiger partial charge in [0.1, 0.15) is 6.61 Å². The Balaban J connectivity index is 2.15. The molecule has 0 aromatic heterocycles. The van der Waals surface area contributed by atoms with Crippen molar-refractivity contribution in [1.29, 1.82) is 0 Å². The smallest absolute Gasteiger partial charge is 0.307 e. The van der Waals surface area contributed by atoms with Crippen LogP contribution in [-0.4, -0.2) is 50.8 Å². The van der Waals surface area contributed by atoms with Gasteiger partial charge in [0, 0.05) is 19.7 Å². The molecule has 0 unspecified atom stereocenters. The second kappa shape index (κ2) is 7.19. The van der Waals surface area contributed by atoms with Gasteiger partial charge in [-0.15, -0.1) is 0 Å². The second-order valence-electron chi connectivity index (χ2n) is 3.42. The molecule has 1 rings (SSSR count). The third kappa shape index (κ3) is 4.59. The van der Waals surface area contributed by atoms with Crippen LogP contribution >= 0.6 is 0 Å². The van der Waals surface area contributed by atoms with E-state index in [1.165, 1.54) is 0 Å². The van der Waals surface area contributed by atoms with Crippen LogP contribution in [0.5, 0.6) is 0 Å². The number of piperazine rings is 1. The predicted molar refractivity (Wildman–Crippen MR) is 56.9 cm³/mol. The van der Waals surface area contributed by atoms with E-state index in [1.54, 1.807) is 0 Å². The summed E-state index contributed by atoms with van der Waals surface area (Å²) < 4.78 is 9.93. The van der Waals surface area contributed by atoms with Gasteiger partial charge in [-0.3, -0.25) is 9.59 Å². The molecule has 0 radical (unpaired) electrons. The molecule has 92 valence electrons. The number of carbonyl (C=O) groups excluding carboxylic acids is 2. The van der Waals surface area contributed by atoms with Gasteiger partial charge < -0.3 is 20.1 Å². The van der Waals surface area contributed by atoms with Gasteiger partial charge in [-0.2, -0.15) is 0 Å². The molecule has 6 nitrogen and oxygen atoms in total. The van der Waals surface area contributed by atoms with E-state index in [-0.39, 0.29) is 24.9 Å². The highest BCUT2D eigenvalue weighted by Gasteiger charge is 2.24. The zero-order valence-electron chi connectivity index (χ0n) is 9.45. The lowest BCUT2D eigenvalue weighted by Crippen LogP contribution is -2.53. The largest absolute Gasteiger partial charge is 0.463 e. The average molecular weight is 230 g/mol. The Morgan fingerprint density at radius 1 is 1.44 bits per heavy atom. The van der Waals surface area contributed by atoms with Crippen LogP contribution in [0.1, 0.15) is 13.3 Å². The van der Waals surface area contributed by atoms with E-state index in [4.69, 9.17) is 9.47 Å². The van der Waals surface area contributed by atoms with Gasteiger partial charge in [0.15, 0.2) is 0 Å². The van der Waals surface area contributed by atoms with E-state index in [0.717, 1.165) is 0 Å². The van der Waals surface area contributed by atoms with Crippen LogP contribution in [0.3, 0.4) is 0 Å². The maximum atomic E-state index is 11.3. The summed E-state index contributed by atoms with van der Waals surface area (Å²) in [5.41, 5.74) is 0. The summed E-state index contributed by atoms with van der Waals surface area (Å²) in [6.45, 7) is 4.40. The number of carbonyl (C=O) groups is 2. The molecule has 6 heteroatoms. The van der Waals surface area contributed by atoms with E-state index < -0.39 is 6.04 Å². The minimum Gasteiger partial charge on any atom is -0.463 e. The molecule has 1 saturated heterocycles. The van der Waals surface area contributed by atoms with E-state index in [1.807, 2.05) is 6.92 Å². The van der Waals surface area contributed by atoms with Crippen LogP contribution < -0.4 is 10.6 Å². The Labute approximate surface area is 94.7 Å². The molecule has 1 heterocycles. The van der Waals surface area contributed by atoms with Gasteiger partial charge in [0.25, 0.3) is 0 Å². The highest BCUT2D eigenvalue weighted by atomic mass is 16.6. The third-order valence-corrected chi connectivity index (χ3v) is 2.20. The number of esters is 1. The summed E-state index contributed by atoms with van der Waals surface area (Å²) in [4.78, 5) is 22.6. The summed E-state index contributed by atoms with van der Waals surface area (Å²) in [7, 11) is 0. The monoisotopic (exact) mass is 230 g/mol. The van der Waals surface area contributed by atoms with Crippen molar-refractivity contribution in [3.8, 4) is 0 Å². The lowest BCUT2D eigenvalue weighted by molar-refractivity contribution is -0.147. The fourth-order valence-corrected chi connectivity index (χ4v) is 1.40. The molecule has 1 aliphatic rings. The Kier molecular flexibility index (Phi) is 5.81. The first-order valence-electron chi connectivity index (χ1n) is 5.48. The Bertz CT molecular complexity index is 245. The lowest BCUT2D eigenvalue weighted by atomic mass is 10.1. The molecular weight excluding hydrogens is 212 g/mol. The zero-order chi connectivity index (χ0) is 11.8. The normalized spacial score (nSPS) is 20.3. The minimum atomic E-state index is -0.464. The average Bonchev–Trinajstić information content (AvgIpc) is 2.28. The maximum Gasteiger partial charge on any atom is 0.307 e. The quantitative estimate of drug-likeness (QED) is 0.454. The molecule has 0 bridgehead atoms. The number of hydrogen-bond donors (Lipinski definition) is 2. The van der Waals surface area contributed by atoms with E-state index >= 15 is 0 Å². The number of hydrogen-bond acceptors (Lipinski definition) is 5. The predicted octanol–water partition coefficient (Wildman–Crippen LogP) is -0.956. The van der Waals surface area contributed by atoms with Gasteiger partial charge in [-0.05, 0) is 6.92 Å². The molecule has 0 saturated carbocycles. The molecule has 0 aromatic rings. The van der Waals surface area contributed by atoms with Crippen LogP contribution in [0.25, 0.3) is 0 Å². The number of ether oxygens (including phenoxy) is 2. The standard InChI is InChI=1S/C10H18N2O4/c1-2-15-5-6-16-9(13)7-8-10(14)12-4-3-11-8/h8,11H,2-7H2,1H3,(H,12,14)/t8-/m1/s1. The van der Waals surface area contributed by atoms with Gasteiger partial charge >= 0.3 is 5.97 Å². The van der Waals surface area contributed by atoms with E-state index in [0.29, 0.717) is 26.3 Å². The van der Waals surface area contributed by atoms with Crippen LogP contribution in [0.4, 0.5) is 0 Å². The van der Waals surface area contributed by atoms with E-state index in [2.05, 4.69) is 10.6 Å². The SMILES string of the molecule is CCOCCOC(=O)C[C@H]1NCCNC1=O. The molecule has 2 N–H and O–H groups in total. The van der Waals surface area contributed by atoms with Crippen LogP contribution in [0.2, 0.25) is 0 Å². The molecule has 1 aliphatic heterocycles. The summed E-state index contributed by atoms with van der Waals surface area (Å²) in [6, 6.07) is -0.464. The van der Waals surface area contributed by atoms with Crippen molar-refractivity contribution in [3.63, 3.8) is 0 Å². The van der Waals surface area contributed by atoms with Gasteiger partial charge in [-0.25, -0.2) is 0 Å². The first-order valence-corrected chi connectivity index (χ1v) is 5.48. The first-order chi connectivity index (χ1) is 7.74. The third-order valence-electron chi connectivity index (χ3n) is 2.20. The van der Waals surface area contributed by atoms with Crippen LogP contribution in [-0.2, 0) is 19.1 Å². The molecule has 16 heavy (non-hydrogen) atoms. The second-order valence-corrected chi connectivity index (χ2v) is 3.42. The number of rotatable bonds is 6. The number of nitrogens with one attached hydrogen (secondary N) is 2. The molecule has 0 aliphatic carbocycles. The number of amides is 1. The Morgan fingerprint density at radius 2 is 2.25 bits per heavy atom. The topological polar surface area (TPSA) is 76.7 Å². The van der Waals surface area contributed by atoms with Crippen molar-refractivity contribution >= 4 is 11.9 Å². The molecule has 1 fully saturated rings. The van der Waals surface area contributed by atoms with E-state index in [9.17, 15) is 9.59 Å². The molecule has 0 spiro atoms. The summed E-state index contributed by atoms with van der Waals surface area (Å²) >= 11 is 0. The summed E-state index contributed by atoms with van der Waals surface area (Å²) in [5, 5.41) is 5.64. The highest BCUT2D eigenvalue weighted by Crippen LogP contribution is 1.98. The molecule has 1 atom stereocenters.